The Morgan fingerprint density at radius 2 is 2.25 bits per heavy atom. The largest absolute Gasteiger partial charge is 0.465 e. The van der Waals surface area contributed by atoms with Crippen LogP contribution in [0.25, 0.3) is 0 Å². The average molecular weight is 279 g/mol. The van der Waals surface area contributed by atoms with E-state index in [1.165, 1.54) is 0 Å². The zero-order chi connectivity index (χ0) is 14.8. The summed E-state index contributed by atoms with van der Waals surface area (Å²) < 4.78 is 5.08. The van der Waals surface area contributed by atoms with Crippen LogP contribution < -0.4 is 5.32 Å². The van der Waals surface area contributed by atoms with Crippen LogP contribution in [0.4, 0.5) is 0 Å². The second-order valence-corrected chi connectivity index (χ2v) is 4.70. The predicted molar refractivity (Wildman–Crippen MR) is 79.5 cm³/mol. The molecule has 0 amide bonds. The summed E-state index contributed by atoms with van der Waals surface area (Å²) in [5.74, 6) is -0.181. The molecule has 1 aromatic rings. The Labute approximate surface area is 121 Å². The smallest absolute Gasteiger partial charge is 0.324 e. The maximum absolute atomic E-state index is 11.8. The van der Waals surface area contributed by atoms with Crippen molar-refractivity contribution >= 4 is 5.97 Å². The quantitative estimate of drug-likeness (QED) is 0.686. The molecular formula is C15H25N3O2. The first-order valence-electron chi connectivity index (χ1n) is 7.15. The minimum absolute atomic E-state index is 0.181. The Kier molecular flexibility index (Phi) is 7.84. The number of likely N-dealkylation sites (N-methyl/N-ethyl adjacent to an activating group) is 2. The number of aromatic nitrogens is 1. The van der Waals surface area contributed by atoms with E-state index in [0.29, 0.717) is 13.2 Å². The van der Waals surface area contributed by atoms with Gasteiger partial charge in [-0.2, -0.15) is 0 Å². The number of hydrogen-bond donors (Lipinski definition) is 1. The minimum Gasteiger partial charge on any atom is -0.465 e. The van der Waals surface area contributed by atoms with E-state index in [0.717, 1.165) is 25.2 Å². The van der Waals surface area contributed by atoms with Crippen LogP contribution in [0.5, 0.6) is 0 Å². The first kappa shape index (κ1) is 16.6. The Balaban J connectivity index is 2.41. The number of hydrogen-bond acceptors (Lipinski definition) is 5. The minimum atomic E-state index is -0.270. The Bertz CT molecular complexity index is 384. The molecule has 5 nitrogen and oxygen atoms in total. The summed E-state index contributed by atoms with van der Waals surface area (Å²) >= 11 is 0. The van der Waals surface area contributed by atoms with E-state index < -0.39 is 0 Å². The lowest BCUT2D eigenvalue weighted by Gasteiger charge is -2.23. The second kappa shape index (κ2) is 9.44. The molecule has 0 spiro atoms. The molecule has 0 aliphatic rings. The first-order valence-corrected chi connectivity index (χ1v) is 7.15. The van der Waals surface area contributed by atoms with Crippen molar-refractivity contribution in [3.63, 3.8) is 0 Å². The van der Waals surface area contributed by atoms with Crippen molar-refractivity contribution < 1.29 is 9.53 Å². The van der Waals surface area contributed by atoms with Crippen LogP contribution in [0.1, 0.15) is 19.5 Å². The molecule has 0 aliphatic heterocycles. The van der Waals surface area contributed by atoms with Gasteiger partial charge in [-0.3, -0.25) is 9.78 Å². The van der Waals surface area contributed by atoms with Crippen molar-refractivity contribution in [2.45, 2.75) is 26.3 Å². The fourth-order valence-electron chi connectivity index (χ4n) is 1.97. The summed E-state index contributed by atoms with van der Waals surface area (Å²) in [5, 5.41) is 3.16. The maximum Gasteiger partial charge on any atom is 0.324 e. The molecule has 0 radical (unpaired) electrons. The molecule has 1 atom stereocenters. The maximum atomic E-state index is 11.8. The van der Waals surface area contributed by atoms with E-state index in [-0.39, 0.29) is 12.0 Å². The van der Waals surface area contributed by atoms with Crippen molar-refractivity contribution in [3.05, 3.63) is 30.1 Å². The number of nitrogens with zero attached hydrogens (tertiary/aromatic N) is 2. The van der Waals surface area contributed by atoms with E-state index in [9.17, 15) is 4.79 Å². The van der Waals surface area contributed by atoms with Crippen molar-refractivity contribution in [3.8, 4) is 0 Å². The molecule has 1 aromatic heterocycles. The molecule has 112 valence electrons. The van der Waals surface area contributed by atoms with Gasteiger partial charge in [0, 0.05) is 31.4 Å². The third kappa shape index (κ3) is 6.12. The highest BCUT2D eigenvalue weighted by atomic mass is 16.5. The van der Waals surface area contributed by atoms with Gasteiger partial charge in [-0.1, -0.05) is 13.0 Å². The lowest BCUT2D eigenvalue weighted by atomic mass is 10.2. The number of nitrogens with one attached hydrogen (secondary N) is 1. The van der Waals surface area contributed by atoms with Gasteiger partial charge in [0.1, 0.15) is 6.04 Å². The Morgan fingerprint density at radius 3 is 2.85 bits per heavy atom. The van der Waals surface area contributed by atoms with Crippen LogP contribution in [-0.4, -0.2) is 55.2 Å². The lowest BCUT2D eigenvalue weighted by molar-refractivity contribution is -0.146. The van der Waals surface area contributed by atoms with Crippen LogP contribution in [-0.2, 0) is 16.0 Å². The van der Waals surface area contributed by atoms with Gasteiger partial charge in [-0.25, -0.2) is 0 Å². The van der Waals surface area contributed by atoms with Crippen LogP contribution in [0, 0.1) is 0 Å². The molecule has 1 heterocycles. The van der Waals surface area contributed by atoms with Crippen molar-refractivity contribution in [2.24, 2.45) is 0 Å². The number of pyridine rings is 1. The third-order valence-electron chi connectivity index (χ3n) is 2.99. The highest BCUT2D eigenvalue weighted by molar-refractivity contribution is 5.76. The number of carbonyl (C=O) groups excluding carboxylic acids is 1. The van der Waals surface area contributed by atoms with Crippen LogP contribution >= 0.6 is 0 Å². The number of rotatable bonds is 9. The molecule has 1 N–H and O–H groups in total. The number of ether oxygens (including phenoxy) is 1. The number of esters is 1. The van der Waals surface area contributed by atoms with Crippen molar-refractivity contribution in [1.82, 2.24) is 15.2 Å². The molecule has 0 aliphatic carbocycles. The third-order valence-corrected chi connectivity index (χ3v) is 2.99. The highest BCUT2D eigenvalue weighted by Crippen LogP contribution is 1.99. The average Bonchev–Trinajstić information content (AvgIpc) is 2.46. The summed E-state index contributed by atoms with van der Waals surface area (Å²) in [6.45, 7) is 6.47. The van der Waals surface area contributed by atoms with E-state index in [1.807, 2.05) is 39.1 Å². The van der Waals surface area contributed by atoms with Crippen molar-refractivity contribution in [2.75, 3.05) is 33.3 Å². The van der Waals surface area contributed by atoms with E-state index >= 15 is 0 Å². The summed E-state index contributed by atoms with van der Waals surface area (Å²) in [5.41, 5.74) is 1.07. The molecule has 1 rings (SSSR count). The van der Waals surface area contributed by atoms with Gasteiger partial charge < -0.3 is 15.0 Å². The molecule has 0 bridgehead atoms. The lowest BCUT2D eigenvalue weighted by Crippen LogP contribution is -2.46. The Hall–Kier alpha value is -1.46. The monoisotopic (exact) mass is 279 g/mol. The van der Waals surface area contributed by atoms with E-state index in [1.54, 1.807) is 6.20 Å². The molecule has 0 aromatic carbocycles. The molecule has 0 saturated heterocycles. The molecule has 1 unspecified atom stereocenters. The Morgan fingerprint density at radius 1 is 1.45 bits per heavy atom. The van der Waals surface area contributed by atoms with Crippen LogP contribution in [0.15, 0.2) is 24.4 Å². The summed E-state index contributed by atoms with van der Waals surface area (Å²) in [4.78, 5) is 18.2. The fraction of sp³-hybridized carbons (Fsp3) is 0.600. The second-order valence-electron chi connectivity index (χ2n) is 4.70. The molecule has 5 heteroatoms. The van der Waals surface area contributed by atoms with E-state index in [2.05, 4.69) is 15.2 Å². The standard InChI is InChI=1S/C15H25N3O2/c1-4-16-14(15(19)20-5-2)12-18(3)11-9-13-8-6-7-10-17-13/h6-8,10,14,16H,4-5,9,11-12H2,1-3H3. The predicted octanol–water partition coefficient (Wildman–Crippen LogP) is 1.10. The molecule has 0 fully saturated rings. The van der Waals surface area contributed by atoms with Gasteiger partial charge in [0.25, 0.3) is 0 Å². The van der Waals surface area contributed by atoms with Gasteiger partial charge in [0.2, 0.25) is 0 Å². The molecule has 20 heavy (non-hydrogen) atoms. The zero-order valence-corrected chi connectivity index (χ0v) is 12.6. The summed E-state index contributed by atoms with van der Waals surface area (Å²) in [6, 6.07) is 5.65. The number of carbonyl (C=O) groups is 1. The summed E-state index contributed by atoms with van der Waals surface area (Å²) in [6.07, 6.45) is 2.68. The van der Waals surface area contributed by atoms with Gasteiger partial charge >= 0.3 is 5.97 Å². The van der Waals surface area contributed by atoms with Gasteiger partial charge in [-0.05, 0) is 32.6 Å². The van der Waals surface area contributed by atoms with Gasteiger partial charge in [0.05, 0.1) is 6.61 Å². The normalized spacial score (nSPS) is 12.4. The van der Waals surface area contributed by atoms with Gasteiger partial charge in [0.15, 0.2) is 0 Å². The zero-order valence-electron chi connectivity index (χ0n) is 12.6. The fourth-order valence-corrected chi connectivity index (χ4v) is 1.97. The molecule has 0 saturated carbocycles. The summed E-state index contributed by atoms with van der Waals surface area (Å²) in [7, 11) is 2.01. The molecular weight excluding hydrogens is 254 g/mol. The first-order chi connectivity index (χ1) is 9.67. The van der Waals surface area contributed by atoms with Crippen LogP contribution in [0.2, 0.25) is 0 Å². The highest BCUT2D eigenvalue weighted by Gasteiger charge is 2.20. The van der Waals surface area contributed by atoms with Gasteiger partial charge in [-0.15, -0.1) is 0 Å². The SMILES string of the molecule is CCNC(CN(C)CCc1ccccn1)C(=O)OCC. The van der Waals surface area contributed by atoms with Crippen LogP contribution in [0.3, 0.4) is 0 Å². The van der Waals surface area contributed by atoms with Crippen molar-refractivity contribution in [1.29, 1.82) is 0 Å². The van der Waals surface area contributed by atoms with E-state index in [4.69, 9.17) is 4.74 Å². The topological polar surface area (TPSA) is 54.5 Å².